The third-order valence-corrected chi connectivity index (χ3v) is 5.47. The van der Waals surface area contributed by atoms with Gasteiger partial charge >= 0.3 is 0 Å². The summed E-state index contributed by atoms with van der Waals surface area (Å²) in [4.78, 5) is 39.9. The number of ether oxygens (including phenoxy) is 1. The van der Waals surface area contributed by atoms with Crippen molar-refractivity contribution in [1.82, 2.24) is 4.98 Å². The van der Waals surface area contributed by atoms with Crippen LogP contribution >= 0.6 is 11.3 Å². The number of amides is 2. The van der Waals surface area contributed by atoms with Crippen molar-refractivity contribution in [2.24, 2.45) is 0 Å². The van der Waals surface area contributed by atoms with E-state index in [4.69, 9.17) is 4.74 Å². The van der Waals surface area contributed by atoms with E-state index in [-0.39, 0.29) is 29.1 Å². The molecule has 0 unspecified atom stereocenters. The first-order valence-electron chi connectivity index (χ1n) is 10.1. The molecule has 1 aromatic heterocycles. The van der Waals surface area contributed by atoms with Crippen molar-refractivity contribution in [3.63, 3.8) is 0 Å². The highest BCUT2D eigenvalue weighted by molar-refractivity contribution is 7.20. The number of anilines is 2. The number of hydrogen-bond donors (Lipinski definition) is 2. The van der Waals surface area contributed by atoms with Crippen LogP contribution in [0.15, 0.2) is 84.9 Å². The Morgan fingerprint density at radius 3 is 2.35 bits per heavy atom. The number of nitro groups is 1. The molecule has 0 aliphatic carbocycles. The molecule has 10 heteroatoms. The van der Waals surface area contributed by atoms with Crippen LogP contribution in [-0.2, 0) is 4.79 Å². The van der Waals surface area contributed by atoms with E-state index in [1.807, 2.05) is 36.4 Å². The van der Waals surface area contributed by atoms with Gasteiger partial charge in [0.15, 0.2) is 11.7 Å². The maximum atomic E-state index is 12.7. The number of rotatable bonds is 8. The summed E-state index contributed by atoms with van der Waals surface area (Å²) >= 11 is 1.11. The summed E-state index contributed by atoms with van der Waals surface area (Å²) in [6.45, 7) is -0.368. The lowest BCUT2D eigenvalue weighted by Gasteiger charge is -2.05. The van der Waals surface area contributed by atoms with Gasteiger partial charge in [-0.3, -0.25) is 25.0 Å². The van der Waals surface area contributed by atoms with Crippen molar-refractivity contribution in [3.8, 4) is 17.0 Å². The van der Waals surface area contributed by atoms with E-state index in [1.54, 1.807) is 24.3 Å². The summed E-state index contributed by atoms with van der Waals surface area (Å²) in [5.74, 6) is -0.599. The molecule has 2 N–H and O–H groups in total. The fourth-order valence-corrected chi connectivity index (χ4v) is 3.90. The van der Waals surface area contributed by atoms with Crippen LogP contribution in [0.2, 0.25) is 0 Å². The van der Waals surface area contributed by atoms with Gasteiger partial charge in [0.1, 0.15) is 16.4 Å². The number of nitrogens with one attached hydrogen (secondary N) is 2. The molecule has 34 heavy (non-hydrogen) atoms. The Kier molecular flexibility index (Phi) is 6.89. The number of benzene rings is 3. The molecule has 0 aliphatic rings. The maximum absolute atomic E-state index is 12.7. The molecule has 4 aromatic rings. The second-order valence-electron chi connectivity index (χ2n) is 6.97. The van der Waals surface area contributed by atoms with Gasteiger partial charge in [-0.15, -0.1) is 0 Å². The number of aromatic nitrogens is 1. The largest absolute Gasteiger partial charge is 0.484 e. The van der Waals surface area contributed by atoms with Gasteiger partial charge in [0.05, 0.1) is 11.0 Å². The zero-order valence-electron chi connectivity index (χ0n) is 17.6. The SMILES string of the molecule is O=C(COc1cccc([N+](=O)[O-])c1)Nc1nc(-c2ccccc2)c(NC(=O)c2ccccc2)s1. The fraction of sp³-hybridized carbons (Fsp3) is 0.0417. The minimum Gasteiger partial charge on any atom is -0.484 e. The lowest BCUT2D eigenvalue weighted by atomic mass is 10.1. The molecule has 2 amide bonds. The molecular weight excluding hydrogens is 456 g/mol. The fourth-order valence-electron chi connectivity index (χ4n) is 3.01. The first kappa shape index (κ1) is 22.6. The molecule has 0 spiro atoms. The van der Waals surface area contributed by atoms with Crippen molar-refractivity contribution < 1.29 is 19.2 Å². The van der Waals surface area contributed by atoms with E-state index in [0.717, 1.165) is 16.9 Å². The number of carbonyl (C=O) groups is 2. The molecule has 4 rings (SSSR count). The Labute approximate surface area is 198 Å². The molecular formula is C24H18N4O5S. The summed E-state index contributed by atoms with van der Waals surface area (Å²) in [5, 5.41) is 17.2. The quantitative estimate of drug-likeness (QED) is 0.274. The van der Waals surface area contributed by atoms with E-state index in [1.165, 1.54) is 24.3 Å². The third kappa shape index (κ3) is 5.61. The van der Waals surface area contributed by atoms with Crippen molar-refractivity contribution >= 4 is 39.0 Å². The van der Waals surface area contributed by atoms with Crippen LogP contribution in [0, 0.1) is 10.1 Å². The second-order valence-corrected chi connectivity index (χ2v) is 7.97. The van der Waals surface area contributed by atoms with Crippen LogP contribution in [-0.4, -0.2) is 28.3 Å². The Morgan fingerprint density at radius 2 is 1.65 bits per heavy atom. The first-order valence-corrected chi connectivity index (χ1v) is 10.9. The Balaban J connectivity index is 1.49. The van der Waals surface area contributed by atoms with Crippen LogP contribution in [0.5, 0.6) is 5.75 Å². The van der Waals surface area contributed by atoms with Crippen molar-refractivity contribution in [3.05, 3.63) is 101 Å². The zero-order chi connectivity index (χ0) is 23.9. The average molecular weight is 474 g/mol. The highest BCUT2D eigenvalue weighted by Gasteiger charge is 2.18. The van der Waals surface area contributed by atoms with Crippen molar-refractivity contribution in [2.75, 3.05) is 17.2 Å². The molecule has 9 nitrogen and oxygen atoms in total. The third-order valence-electron chi connectivity index (χ3n) is 4.58. The smallest absolute Gasteiger partial charge is 0.273 e. The lowest BCUT2D eigenvalue weighted by molar-refractivity contribution is -0.384. The van der Waals surface area contributed by atoms with E-state index >= 15 is 0 Å². The Hall–Kier alpha value is -4.57. The van der Waals surface area contributed by atoms with Gasteiger partial charge in [0.2, 0.25) is 0 Å². The summed E-state index contributed by atoms with van der Waals surface area (Å²) in [6.07, 6.45) is 0. The van der Waals surface area contributed by atoms with Crippen molar-refractivity contribution in [1.29, 1.82) is 0 Å². The van der Waals surface area contributed by atoms with Gasteiger partial charge in [-0.05, 0) is 18.2 Å². The molecule has 1 heterocycles. The number of non-ortho nitro benzene ring substituents is 1. The van der Waals surface area contributed by atoms with Crippen LogP contribution < -0.4 is 15.4 Å². The summed E-state index contributed by atoms with van der Waals surface area (Å²) < 4.78 is 5.37. The van der Waals surface area contributed by atoms with Crippen molar-refractivity contribution in [2.45, 2.75) is 0 Å². The second kappa shape index (κ2) is 10.4. The molecule has 0 saturated carbocycles. The first-order chi connectivity index (χ1) is 16.5. The summed E-state index contributed by atoms with van der Waals surface area (Å²) in [5.41, 5.74) is 1.65. The van der Waals surface area contributed by atoms with Crippen LogP contribution in [0.25, 0.3) is 11.3 Å². The number of hydrogen-bond acceptors (Lipinski definition) is 7. The highest BCUT2D eigenvalue weighted by Crippen LogP contribution is 2.36. The van der Waals surface area contributed by atoms with E-state index in [9.17, 15) is 19.7 Å². The summed E-state index contributed by atoms with van der Waals surface area (Å²) in [6, 6.07) is 23.6. The monoisotopic (exact) mass is 474 g/mol. The molecule has 0 atom stereocenters. The zero-order valence-corrected chi connectivity index (χ0v) is 18.5. The van der Waals surface area contributed by atoms with Gasteiger partial charge in [-0.1, -0.05) is 65.9 Å². The lowest BCUT2D eigenvalue weighted by Crippen LogP contribution is -2.20. The normalized spacial score (nSPS) is 10.4. The number of nitrogens with zero attached hydrogens (tertiary/aromatic N) is 2. The number of nitro benzene ring substituents is 1. The Morgan fingerprint density at radius 1 is 0.941 bits per heavy atom. The van der Waals surface area contributed by atoms with Gasteiger partial charge in [-0.25, -0.2) is 4.98 Å². The van der Waals surface area contributed by atoms with E-state index < -0.39 is 10.8 Å². The molecule has 170 valence electrons. The minimum atomic E-state index is -0.543. The molecule has 0 fully saturated rings. The average Bonchev–Trinajstić information content (AvgIpc) is 3.25. The summed E-state index contributed by atoms with van der Waals surface area (Å²) in [7, 11) is 0. The topological polar surface area (TPSA) is 123 Å². The standard InChI is InChI=1S/C24H18N4O5S/c29-20(15-33-19-13-7-12-18(14-19)28(31)32)25-24-26-21(16-8-3-1-4-9-16)23(34-24)27-22(30)17-10-5-2-6-11-17/h1-14H,15H2,(H,27,30)(H,25,26,29). The molecule has 3 aromatic carbocycles. The molecule has 0 aliphatic heterocycles. The molecule has 0 bridgehead atoms. The minimum absolute atomic E-state index is 0.135. The van der Waals surface area contributed by atoms with Gasteiger partial charge < -0.3 is 10.1 Å². The maximum Gasteiger partial charge on any atom is 0.273 e. The predicted molar refractivity (Wildman–Crippen MR) is 129 cm³/mol. The number of carbonyl (C=O) groups excluding carboxylic acids is 2. The van der Waals surface area contributed by atoms with E-state index in [0.29, 0.717) is 16.3 Å². The number of thiazole rings is 1. The molecule has 0 saturated heterocycles. The molecule has 0 radical (unpaired) electrons. The van der Waals surface area contributed by atoms with Crippen LogP contribution in [0.3, 0.4) is 0 Å². The van der Waals surface area contributed by atoms with Crippen LogP contribution in [0.4, 0.5) is 15.8 Å². The Bertz CT molecular complexity index is 1330. The predicted octanol–water partition coefficient (Wildman–Crippen LogP) is 4.99. The van der Waals surface area contributed by atoms with Gasteiger partial charge in [-0.2, -0.15) is 0 Å². The van der Waals surface area contributed by atoms with E-state index in [2.05, 4.69) is 15.6 Å². The van der Waals surface area contributed by atoms with Gasteiger partial charge in [0.25, 0.3) is 17.5 Å². The highest BCUT2D eigenvalue weighted by atomic mass is 32.1. The van der Waals surface area contributed by atoms with Gasteiger partial charge in [0, 0.05) is 17.2 Å². The van der Waals surface area contributed by atoms with Crippen LogP contribution in [0.1, 0.15) is 10.4 Å².